The Bertz CT molecular complexity index is 582. The van der Waals surface area contributed by atoms with Crippen molar-refractivity contribution in [3.8, 4) is 0 Å². The van der Waals surface area contributed by atoms with Gasteiger partial charge in [0.1, 0.15) is 5.52 Å². The molecule has 0 saturated carbocycles. The molecule has 0 bridgehead atoms. The number of oxazole rings is 1. The normalized spacial score (nSPS) is 10.8. The van der Waals surface area contributed by atoms with Crippen molar-refractivity contribution < 1.29 is 9.21 Å². The molecule has 0 aliphatic carbocycles. The fourth-order valence-corrected chi connectivity index (χ4v) is 2.73. The van der Waals surface area contributed by atoms with Crippen molar-refractivity contribution >= 4 is 55.0 Å². The van der Waals surface area contributed by atoms with Gasteiger partial charge in [0, 0.05) is 11.0 Å². The first-order valence-corrected chi connectivity index (χ1v) is 6.44. The summed E-state index contributed by atoms with van der Waals surface area (Å²) in [6.45, 7) is 2.20. The lowest BCUT2D eigenvalue weighted by Gasteiger charge is -2.11. The Balaban J connectivity index is 2.58. The number of nitrogens with zero attached hydrogens (tertiary/aromatic N) is 2. The van der Waals surface area contributed by atoms with Gasteiger partial charge in [-0.1, -0.05) is 15.9 Å². The van der Waals surface area contributed by atoms with E-state index >= 15 is 0 Å². The molecule has 0 saturated heterocycles. The lowest BCUT2D eigenvalue weighted by Crippen LogP contribution is -2.35. The number of amides is 2. The van der Waals surface area contributed by atoms with Gasteiger partial charge in [0.25, 0.3) is 0 Å². The summed E-state index contributed by atoms with van der Waals surface area (Å²) in [6.07, 6.45) is 0. The molecule has 1 aromatic heterocycles. The van der Waals surface area contributed by atoms with Crippen molar-refractivity contribution in [1.82, 2.24) is 4.98 Å². The molecule has 0 spiro atoms. The van der Waals surface area contributed by atoms with Crippen molar-refractivity contribution in [1.29, 1.82) is 0 Å². The van der Waals surface area contributed by atoms with Crippen LogP contribution in [0.5, 0.6) is 0 Å². The molecular formula is C10H9Br2N3O2. The van der Waals surface area contributed by atoms with E-state index < -0.39 is 6.03 Å². The summed E-state index contributed by atoms with van der Waals surface area (Å²) in [4.78, 5) is 16.7. The van der Waals surface area contributed by atoms with E-state index in [2.05, 4.69) is 36.8 Å². The molecule has 2 aromatic rings. The van der Waals surface area contributed by atoms with Gasteiger partial charge in [-0.2, -0.15) is 4.98 Å². The lowest BCUT2D eigenvalue weighted by atomic mass is 10.3. The number of fused-ring (bicyclic) bond motifs is 1. The number of benzene rings is 1. The Hall–Kier alpha value is -1.08. The highest BCUT2D eigenvalue weighted by Gasteiger charge is 2.18. The summed E-state index contributed by atoms with van der Waals surface area (Å²) in [6, 6.07) is 3.27. The summed E-state index contributed by atoms with van der Waals surface area (Å²) in [5.74, 6) is 0. The molecule has 0 unspecified atom stereocenters. The van der Waals surface area contributed by atoms with Gasteiger partial charge >= 0.3 is 12.0 Å². The molecular weight excluding hydrogens is 354 g/mol. The van der Waals surface area contributed by atoms with Crippen LogP contribution in [0.2, 0.25) is 0 Å². The maximum absolute atomic E-state index is 11.2. The Morgan fingerprint density at radius 2 is 2.24 bits per heavy atom. The van der Waals surface area contributed by atoms with Crippen LogP contribution in [-0.2, 0) is 0 Å². The predicted molar refractivity (Wildman–Crippen MR) is 72.0 cm³/mol. The average Bonchev–Trinajstić information content (AvgIpc) is 2.61. The van der Waals surface area contributed by atoms with E-state index in [1.54, 1.807) is 6.92 Å². The van der Waals surface area contributed by atoms with Crippen LogP contribution in [0.4, 0.5) is 10.8 Å². The number of rotatable bonds is 2. The molecule has 0 fully saturated rings. The third-order valence-electron chi connectivity index (χ3n) is 2.21. The van der Waals surface area contributed by atoms with Crippen molar-refractivity contribution in [2.45, 2.75) is 6.92 Å². The lowest BCUT2D eigenvalue weighted by molar-refractivity contribution is 0.253. The van der Waals surface area contributed by atoms with E-state index in [1.807, 2.05) is 12.1 Å². The molecule has 0 aliphatic heterocycles. The first kappa shape index (κ1) is 12.4. The number of urea groups is 1. The first-order valence-electron chi connectivity index (χ1n) is 4.85. The van der Waals surface area contributed by atoms with Crippen molar-refractivity contribution in [3.05, 3.63) is 21.1 Å². The molecule has 17 heavy (non-hydrogen) atoms. The van der Waals surface area contributed by atoms with Crippen molar-refractivity contribution in [2.24, 2.45) is 5.73 Å². The Morgan fingerprint density at radius 3 is 2.82 bits per heavy atom. The highest BCUT2D eigenvalue weighted by atomic mass is 79.9. The van der Waals surface area contributed by atoms with E-state index in [9.17, 15) is 4.79 Å². The number of carbonyl (C=O) groups excluding carboxylic acids is 1. The van der Waals surface area contributed by atoms with E-state index in [0.29, 0.717) is 17.6 Å². The van der Waals surface area contributed by atoms with Gasteiger partial charge < -0.3 is 10.2 Å². The van der Waals surface area contributed by atoms with Crippen LogP contribution in [0.15, 0.2) is 25.5 Å². The molecule has 2 N–H and O–H groups in total. The minimum absolute atomic E-state index is 0.203. The number of halogens is 2. The summed E-state index contributed by atoms with van der Waals surface area (Å²) in [7, 11) is 0. The number of hydrogen-bond donors (Lipinski definition) is 1. The Morgan fingerprint density at radius 1 is 1.53 bits per heavy atom. The van der Waals surface area contributed by atoms with E-state index in [4.69, 9.17) is 10.2 Å². The minimum atomic E-state index is -0.589. The molecule has 1 heterocycles. The fourth-order valence-electron chi connectivity index (χ4n) is 1.45. The van der Waals surface area contributed by atoms with Crippen LogP contribution in [0.25, 0.3) is 11.1 Å². The fraction of sp³-hybridized carbons (Fsp3) is 0.200. The Kier molecular flexibility index (Phi) is 3.39. The van der Waals surface area contributed by atoms with Crippen LogP contribution >= 0.6 is 31.9 Å². The Labute approximate surface area is 114 Å². The van der Waals surface area contributed by atoms with Gasteiger partial charge in [0.2, 0.25) is 0 Å². The topological polar surface area (TPSA) is 72.4 Å². The average molecular weight is 363 g/mol. The zero-order valence-electron chi connectivity index (χ0n) is 8.91. The maximum atomic E-state index is 11.2. The SMILES string of the molecule is CCN(C(N)=O)c1nc2cc(Br)cc(Br)c2o1. The van der Waals surface area contributed by atoms with Gasteiger partial charge in [-0.3, -0.25) is 0 Å². The zero-order chi connectivity index (χ0) is 12.6. The van der Waals surface area contributed by atoms with Crippen LogP contribution in [0.3, 0.4) is 0 Å². The second kappa shape index (κ2) is 4.66. The van der Waals surface area contributed by atoms with Gasteiger partial charge in [0.15, 0.2) is 5.58 Å². The summed E-state index contributed by atoms with van der Waals surface area (Å²) in [5.41, 5.74) is 6.47. The van der Waals surface area contributed by atoms with Crippen LogP contribution in [0.1, 0.15) is 6.92 Å². The summed E-state index contributed by atoms with van der Waals surface area (Å²) < 4.78 is 7.15. The largest absolute Gasteiger partial charge is 0.422 e. The maximum Gasteiger partial charge on any atom is 0.322 e. The third kappa shape index (κ3) is 2.30. The molecule has 90 valence electrons. The zero-order valence-corrected chi connectivity index (χ0v) is 12.1. The molecule has 1 aromatic carbocycles. The van der Waals surface area contributed by atoms with Gasteiger partial charge in [-0.15, -0.1) is 0 Å². The number of carbonyl (C=O) groups is 1. The second-order valence-electron chi connectivity index (χ2n) is 3.31. The third-order valence-corrected chi connectivity index (χ3v) is 3.26. The monoisotopic (exact) mass is 361 g/mol. The highest BCUT2D eigenvalue weighted by molar-refractivity contribution is 9.11. The minimum Gasteiger partial charge on any atom is -0.422 e. The van der Waals surface area contributed by atoms with Gasteiger partial charge in [-0.25, -0.2) is 9.69 Å². The number of hydrogen-bond acceptors (Lipinski definition) is 3. The molecule has 7 heteroatoms. The molecule has 2 rings (SSSR count). The highest BCUT2D eigenvalue weighted by Crippen LogP contribution is 2.31. The standard InChI is InChI=1S/C10H9Br2N3O2/c1-2-15(9(13)16)10-14-7-4-5(11)3-6(12)8(7)17-10/h3-4H,2H2,1H3,(H2,13,16). The van der Waals surface area contributed by atoms with Crippen molar-refractivity contribution in [2.75, 3.05) is 11.4 Å². The number of primary amides is 1. The first-order chi connectivity index (χ1) is 8.02. The molecule has 5 nitrogen and oxygen atoms in total. The van der Waals surface area contributed by atoms with Crippen molar-refractivity contribution in [3.63, 3.8) is 0 Å². The van der Waals surface area contributed by atoms with Crippen LogP contribution in [0, 0.1) is 0 Å². The second-order valence-corrected chi connectivity index (χ2v) is 5.08. The van der Waals surface area contributed by atoms with Gasteiger partial charge in [0.05, 0.1) is 4.47 Å². The molecule has 0 aliphatic rings. The number of anilines is 1. The molecule has 2 amide bonds. The number of aromatic nitrogens is 1. The smallest absolute Gasteiger partial charge is 0.322 e. The molecule has 0 atom stereocenters. The van der Waals surface area contributed by atoms with E-state index in [-0.39, 0.29) is 6.01 Å². The molecule has 0 radical (unpaired) electrons. The quantitative estimate of drug-likeness (QED) is 0.891. The summed E-state index contributed by atoms with van der Waals surface area (Å²) >= 11 is 6.73. The number of nitrogens with two attached hydrogens (primary N) is 1. The summed E-state index contributed by atoms with van der Waals surface area (Å²) in [5, 5.41) is 0. The van der Waals surface area contributed by atoms with E-state index in [0.717, 1.165) is 8.95 Å². The van der Waals surface area contributed by atoms with Crippen LogP contribution in [-0.4, -0.2) is 17.6 Å². The predicted octanol–water partition coefficient (Wildman–Crippen LogP) is 3.26. The van der Waals surface area contributed by atoms with Crippen LogP contribution < -0.4 is 10.6 Å². The van der Waals surface area contributed by atoms with E-state index in [1.165, 1.54) is 4.90 Å². The van der Waals surface area contributed by atoms with Gasteiger partial charge in [-0.05, 0) is 35.0 Å².